The summed E-state index contributed by atoms with van der Waals surface area (Å²) in [5.74, 6) is -0.0818. The Morgan fingerprint density at radius 3 is 2.88 bits per heavy atom. The van der Waals surface area contributed by atoms with Crippen molar-refractivity contribution in [3.8, 4) is 0 Å². The summed E-state index contributed by atoms with van der Waals surface area (Å²) >= 11 is 5.75. The van der Waals surface area contributed by atoms with E-state index in [2.05, 4.69) is 4.98 Å². The Hall–Kier alpha value is -1.39. The summed E-state index contributed by atoms with van der Waals surface area (Å²) < 4.78 is 18.6. The second kappa shape index (κ2) is 3.30. The van der Waals surface area contributed by atoms with Gasteiger partial charge in [0.1, 0.15) is 11.6 Å². The highest BCUT2D eigenvalue weighted by atomic mass is 35.5. The molecule has 2 aromatic rings. The average molecular weight is 239 g/mol. The quantitative estimate of drug-likeness (QED) is 0.768. The zero-order valence-electron chi connectivity index (χ0n) is 8.26. The van der Waals surface area contributed by atoms with E-state index in [1.165, 1.54) is 6.07 Å². The van der Waals surface area contributed by atoms with Crippen LogP contribution in [0.5, 0.6) is 0 Å². The van der Waals surface area contributed by atoms with Crippen LogP contribution in [0.3, 0.4) is 0 Å². The van der Waals surface area contributed by atoms with Crippen molar-refractivity contribution in [1.82, 2.24) is 4.98 Å². The van der Waals surface area contributed by atoms with Gasteiger partial charge in [0.15, 0.2) is 0 Å². The van der Waals surface area contributed by atoms with Crippen molar-refractivity contribution < 1.29 is 9.13 Å². The Kier molecular flexibility index (Phi) is 2.02. The molecular weight excluding hydrogens is 231 g/mol. The van der Waals surface area contributed by atoms with Crippen molar-refractivity contribution in [2.75, 3.05) is 5.73 Å². The van der Waals surface area contributed by atoms with Crippen LogP contribution in [-0.4, -0.2) is 4.98 Å². The fourth-order valence-corrected chi connectivity index (χ4v) is 2.13. The van der Waals surface area contributed by atoms with Crippen LogP contribution >= 0.6 is 11.6 Å². The molecule has 0 bridgehead atoms. The standard InChI is InChI=1S/C11H8ClFN2O/c12-8-1-5-6-3-16-4-7(6)11(14)15-10(5)2-9(8)13/h1-2H,3-4H2,(H2,14,15). The fourth-order valence-electron chi connectivity index (χ4n) is 1.97. The van der Waals surface area contributed by atoms with E-state index in [1.54, 1.807) is 6.07 Å². The molecule has 1 aromatic carbocycles. The lowest BCUT2D eigenvalue weighted by molar-refractivity contribution is 0.135. The number of benzene rings is 1. The van der Waals surface area contributed by atoms with Crippen LogP contribution in [0.15, 0.2) is 12.1 Å². The normalized spacial score (nSPS) is 14.4. The molecule has 0 fully saturated rings. The molecule has 1 aliphatic heterocycles. The number of rotatable bonds is 0. The first-order valence-corrected chi connectivity index (χ1v) is 5.18. The number of anilines is 1. The van der Waals surface area contributed by atoms with E-state index in [4.69, 9.17) is 22.1 Å². The molecule has 3 nitrogen and oxygen atoms in total. The van der Waals surface area contributed by atoms with Crippen LogP contribution in [0.1, 0.15) is 11.1 Å². The van der Waals surface area contributed by atoms with Gasteiger partial charge in [-0.25, -0.2) is 9.37 Å². The van der Waals surface area contributed by atoms with Gasteiger partial charge in [-0.05, 0) is 11.6 Å². The number of pyridine rings is 1. The third-order valence-electron chi connectivity index (χ3n) is 2.77. The molecule has 16 heavy (non-hydrogen) atoms. The van der Waals surface area contributed by atoms with Crippen molar-refractivity contribution in [2.45, 2.75) is 13.2 Å². The predicted molar refractivity (Wildman–Crippen MR) is 59.6 cm³/mol. The number of nitrogens with zero attached hydrogens (tertiary/aromatic N) is 1. The van der Waals surface area contributed by atoms with Crippen LogP contribution in [0, 0.1) is 5.82 Å². The first kappa shape index (κ1) is 9.81. The first-order chi connectivity index (χ1) is 7.66. The molecule has 0 radical (unpaired) electrons. The molecule has 0 saturated heterocycles. The van der Waals surface area contributed by atoms with Gasteiger partial charge in [-0.1, -0.05) is 11.6 Å². The second-order valence-corrected chi connectivity index (χ2v) is 4.14. The van der Waals surface area contributed by atoms with Crippen molar-refractivity contribution in [3.63, 3.8) is 0 Å². The zero-order chi connectivity index (χ0) is 11.3. The van der Waals surface area contributed by atoms with Crippen molar-refractivity contribution in [3.05, 3.63) is 34.1 Å². The highest BCUT2D eigenvalue weighted by molar-refractivity contribution is 6.31. The Balaban J connectivity index is 2.44. The molecular formula is C11H8ClFN2O. The van der Waals surface area contributed by atoms with E-state index in [1.807, 2.05) is 0 Å². The zero-order valence-corrected chi connectivity index (χ0v) is 9.01. The first-order valence-electron chi connectivity index (χ1n) is 4.80. The molecule has 0 unspecified atom stereocenters. The number of hydrogen-bond acceptors (Lipinski definition) is 3. The van der Waals surface area contributed by atoms with Crippen molar-refractivity contribution in [1.29, 1.82) is 0 Å². The summed E-state index contributed by atoms with van der Waals surface area (Å²) in [4.78, 5) is 4.15. The molecule has 1 aromatic heterocycles. The number of fused-ring (bicyclic) bond motifs is 3. The average Bonchev–Trinajstić information content (AvgIpc) is 2.71. The molecule has 2 N–H and O–H groups in total. The third kappa shape index (κ3) is 1.27. The molecule has 0 aliphatic carbocycles. The molecule has 5 heteroatoms. The number of aromatic nitrogens is 1. The van der Waals surface area contributed by atoms with E-state index in [9.17, 15) is 4.39 Å². The summed E-state index contributed by atoms with van der Waals surface area (Å²) in [6.07, 6.45) is 0. The van der Waals surface area contributed by atoms with Crippen molar-refractivity contribution in [2.24, 2.45) is 0 Å². The lowest BCUT2D eigenvalue weighted by Crippen LogP contribution is -1.99. The van der Waals surface area contributed by atoms with Crippen molar-refractivity contribution >= 4 is 28.3 Å². The summed E-state index contributed by atoms with van der Waals surface area (Å²) in [5.41, 5.74) is 8.14. The van der Waals surface area contributed by atoms with E-state index < -0.39 is 5.82 Å². The smallest absolute Gasteiger partial charge is 0.143 e. The summed E-state index contributed by atoms with van der Waals surface area (Å²) in [5, 5.41) is 0.904. The van der Waals surface area contributed by atoms with Gasteiger partial charge < -0.3 is 10.5 Å². The molecule has 82 valence electrons. The minimum Gasteiger partial charge on any atom is -0.383 e. The predicted octanol–water partition coefficient (Wildman–Crippen LogP) is 2.64. The number of nitrogens with two attached hydrogens (primary N) is 1. The molecule has 0 atom stereocenters. The Morgan fingerprint density at radius 2 is 2.06 bits per heavy atom. The molecule has 0 saturated carbocycles. The molecule has 3 rings (SSSR count). The monoisotopic (exact) mass is 238 g/mol. The van der Waals surface area contributed by atoms with Gasteiger partial charge in [-0.2, -0.15) is 0 Å². The molecule has 2 heterocycles. The van der Waals surface area contributed by atoms with E-state index >= 15 is 0 Å². The highest BCUT2D eigenvalue weighted by Crippen LogP contribution is 2.33. The third-order valence-corrected chi connectivity index (χ3v) is 3.06. The Morgan fingerprint density at radius 1 is 1.31 bits per heavy atom. The van der Waals surface area contributed by atoms with Crippen LogP contribution in [0.4, 0.5) is 10.2 Å². The van der Waals surface area contributed by atoms with Gasteiger partial charge >= 0.3 is 0 Å². The SMILES string of the molecule is Nc1nc2cc(F)c(Cl)cc2c2c1COC2. The molecule has 0 amide bonds. The lowest BCUT2D eigenvalue weighted by Gasteiger charge is -2.07. The largest absolute Gasteiger partial charge is 0.383 e. The minimum absolute atomic E-state index is 0.0909. The fraction of sp³-hybridized carbons (Fsp3) is 0.182. The number of ether oxygens (including phenoxy) is 1. The topological polar surface area (TPSA) is 48.1 Å². The van der Waals surface area contributed by atoms with Crippen LogP contribution in [0.2, 0.25) is 5.02 Å². The maximum atomic E-state index is 13.3. The second-order valence-electron chi connectivity index (χ2n) is 3.73. The van der Waals surface area contributed by atoms with Gasteiger partial charge in [0.05, 0.1) is 23.8 Å². The Labute approximate surface area is 96.0 Å². The van der Waals surface area contributed by atoms with E-state index in [0.29, 0.717) is 24.5 Å². The molecule has 1 aliphatic rings. The van der Waals surface area contributed by atoms with Gasteiger partial charge in [0, 0.05) is 17.0 Å². The molecule has 0 spiro atoms. The van der Waals surface area contributed by atoms with Gasteiger partial charge in [-0.3, -0.25) is 0 Å². The summed E-state index contributed by atoms with van der Waals surface area (Å²) in [6.45, 7) is 0.930. The number of hydrogen-bond donors (Lipinski definition) is 1. The highest BCUT2D eigenvalue weighted by Gasteiger charge is 2.19. The number of nitrogen functional groups attached to an aromatic ring is 1. The van der Waals surface area contributed by atoms with Crippen LogP contribution in [0.25, 0.3) is 10.9 Å². The van der Waals surface area contributed by atoms with Crippen LogP contribution < -0.4 is 5.73 Å². The maximum absolute atomic E-state index is 13.3. The van der Waals surface area contributed by atoms with Gasteiger partial charge in [0.25, 0.3) is 0 Å². The minimum atomic E-state index is -0.486. The number of halogens is 2. The van der Waals surface area contributed by atoms with Gasteiger partial charge in [-0.15, -0.1) is 0 Å². The van der Waals surface area contributed by atoms with E-state index in [0.717, 1.165) is 16.5 Å². The van der Waals surface area contributed by atoms with Crippen LogP contribution in [-0.2, 0) is 18.0 Å². The summed E-state index contributed by atoms with van der Waals surface area (Å²) in [7, 11) is 0. The summed E-state index contributed by atoms with van der Waals surface area (Å²) in [6, 6.07) is 2.87. The van der Waals surface area contributed by atoms with E-state index in [-0.39, 0.29) is 5.02 Å². The Bertz CT molecular complexity index is 600. The lowest BCUT2D eigenvalue weighted by atomic mass is 10.1. The maximum Gasteiger partial charge on any atom is 0.143 e. The van der Waals surface area contributed by atoms with Gasteiger partial charge in [0.2, 0.25) is 0 Å².